The molecule has 3 heteroatoms. The van der Waals surface area contributed by atoms with Crippen LogP contribution < -0.4 is 0 Å². The van der Waals surface area contributed by atoms with E-state index in [1.165, 1.54) is 44.6 Å². The molecule has 0 amide bonds. The Hall–Kier alpha value is 0.01000. The van der Waals surface area contributed by atoms with E-state index in [4.69, 9.17) is 0 Å². The third-order valence-corrected chi connectivity index (χ3v) is 3.59. The molecular weight excluding hydrogens is 192 g/mol. The van der Waals surface area contributed by atoms with E-state index < -0.39 is 0 Å². The van der Waals surface area contributed by atoms with Crippen molar-refractivity contribution in [3.05, 3.63) is 12.2 Å². The molecule has 1 aliphatic heterocycles. The number of nitrogens with zero attached hydrogens (tertiary/aromatic N) is 2. The lowest BCUT2D eigenvalue weighted by atomic mass is 10.2. The fraction of sp³-hybridized carbons (Fsp3) is 0.818. The van der Waals surface area contributed by atoms with Gasteiger partial charge in [-0.05, 0) is 12.8 Å². The fourth-order valence-corrected chi connectivity index (χ4v) is 2.19. The van der Waals surface area contributed by atoms with Crippen LogP contribution in [0.25, 0.3) is 0 Å². The molecule has 1 saturated carbocycles. The molecule has 0 N–H and O–H groups in total. The molecule has 2 rings (SSSR count). The van der Waals surface area contributed by atoms with Gasteiger partial charge >= 0.3 is 0 Å². The smallest absolute Gasteiger partial charge is 0.0199 e. The highest BCUT2D eigenvalue weighted by Gasteiger charge is 2.30. The standard InChI is InChI=1S/C11H20N2S/c1-10(9-14)8-12-4-6-13(7-5-12)11-2-3-11/h11,14H,1-9H2. The first-order chi connectivity index (χ1) is 6.79. The van der Waals surface area contributed by atoms with Crippen LogP contribution in [0, 0.1) is 0 Å². The van der Waals surface area contributed by atoms with E-state index in [9.17, 15) is 0 Å². The summed E-state index contributed by atoms with van der Waals surface area (Å²) in [6, 6.07) is 0.935. The predicted octanol–water partition coefficient (Wildman–Crippen LogP) is 1.25. The summed E-state index contributed by atoms with van der Waals surface area (Å²) in [5.74, 6) is 0.822. The number of rotatable bonds is 4. The second kappa shape index (κ2) is 4.69. The van der Waals surface area contributed by atoms with Gasteiger partial charge in [0.2, 0.25) is 0 Å². The molecule has 0 aromatic rings. The van der Waals surface area contributed by atoms with Crippen LogP contribution in [0.4, 0.5) is 0 Å². The van der Waals surface area contributed by atoms with Crippen LogP contribution in [0.5, 0.6) is 0 Å². The summed E-state index contributed by atoms with van der Waals surface area (Å²) in [4.78, 5) is 5.14. The normalized spacial score (nSPS) is 25.2. The zero-order valence-corrected chi connectivity index (χ0v) is 9.68. The average Bonchev–Trinajstić information content (AvgIpc) is 3.02. The van der Waals surface area contributed by atoms with Gasteiger partial charge in [-0.2, -0.15) is 12.6 Å². The Balaban J connectivity index is 1.69. The Labute approximate surface area is 92.4 Å². The number of piperazine rings is 1. The zero-order valence-electron chi connectivity index (χ0n) is 8.78. The van der Waals surface area contributed by atoms with E-state index in [0.717, 1.165) is 18.3 Å². The van der Waals surface area contributed by atoms with Gasteiger partial charge in [-0.3, -0.25) is 9.80 Å². The van der Waals surface area contributed by atoms with Crippen LogP contribution in [0.2, 0.25) is 0 Å². The first-order valence-electron chi connectivity index (χ1n) is 5.53. The fourth-order valence-electron chi connectivity index (χ4n) is 2.09. The Morgan fingerprint density at radius 3 is 2.36 bits per heavy atom. The van der Waals surface area contributed by atoms with E-state index >= 15 is 0 Å². The minimum absolute atomic E-state index is 0.822. The zero-order chi connectivity index (χ0) is 9.97. The van der Waals surface area contributed by atoms with Gasteiger partial charge in [0.1, 0.15) is 0 Å². The van der Waals surface area contributed by atoms with Crippen LogP contribution in [0.1, 0.15) is 12.8 Å². The molecule has 1 aliphatic carbocycles. The number of thiol groups is 1. The van der Waals surface area contributed by atoms with E-state index in [-0.39, 0.29) is 0 Å². The maximum absolute atomic E-state index is 4.24. The third-order valence-electron chi connectivity index (χ3n) is 3.14. The van der Waals surface area contributed by atoms with E-state index in [0.29, 0.717) is 0 Å². The summed E-state index contributed by atoms with van der Waals surface area (Å²) in [6.45, 7) is 9.98. The van der Waals surface area contributed by atoms with Crippen molar-refractivity contribution in [3.63, 3.8) is 0 Å². The monoisotopic (exact) mass is 212 g/mol. The molecular formula is C11H20N2S. The van der Waals surface area contributed by atoms with E-state index in [1.807, 2.05) is 0 Å². The van der Waals surface area contributed by atoms with Crippen molar-refractivity contribution in [1.29, 1.82) is 0 Å². The minimum Gasteiger partial charge on any atom is -0.298 e. The topological polar surface area (TPSA) is 6.48 Å². The van der Waals surface area contributed by atoms with Crippen molar-refractivity contribution < 1.29 is 0 Å². The third kappa shape index (κ3) is 2.75. The summed E-state index contributed by atoms with van der Waals surface area (Å²) in [5, 5.41) is 0. The van der Waals surface area contributed by atoms with Crippen LogP contribution in [-0.4, -0.2) is 54.3 Å². The largest absolute Gasteiger partial charge is 0.298 e. The first kappa shape index (κ1) is 10.5. The summed E-state index contributed by atoms with van der Waals surface area (Å²) >= 11 is 4.24. The molecule has 2 aliphatic rings. The average molecular weight is 212 g/mol. The molecule has 0 atom stereocenters. The molecule has 1 heterocycles. The summed E-state index contributed by atoms with van der Waals surface area (Å²) in [7, 11) is 0. The molecule has 2 nitrogen and oxygen atoms in total. The molecule has 1 saturated heterocycles. The van der Waals surface area contributed by atoms with Crippen molar-refractivity contribution in [2.75, 3.05) is 38.5 Å². The quantitative estimate of drug-likeness (QED) is 0.553. The van der Waals surface area contributed by atoms with Gasteiger partial charge in [0.25, 0.3) is 0 Å². The van der Waals surface area contributed by atoms with E-state index in [2.05, 4.69) is 29.0 Å². The van der Waals surface area contributed by atoms with Crippen LogP contribution in [0.15, 0.2) is 12.2 Å². The maximum Gasteiger partial charge on any atom is 0.0199 e. The second-order valence-electron chi connectivity index (χ2n) is 4.45. The lowest BCUT2D eigenvalue weighted by Crippen LogP contribution is -2.47. The number of hydrogen-bond donors (Lipinski definition) is 1. The number of hydrogen-bond acceptors (Lipinski definition) is 3. The van der Waals surface area contributed by atoms with Gasteiger partial charge in [0, 0.05) is 44.5 Å². The van der Waals surface area contributed by atoms with Gasteiger partial charge in [-0.25, -0.2) is 0 Å². The first-order valence-corrected chi connectivity index (χ1v) is 6.17. The van der Waals surface area contributed by atoms with Gasteiger partial charge in [-0.15, -0.1) is 0 Å². The predicted molar refractivity (Wildman–Crippen MR) is 64.0 cm³/mol. The Morgan fingerprint density at radius 2 is 1.86 bits per heavy atom. The molecule has 0 aromatic carbocycles. The molecule has 80 valence electrons. The van der Waals surface area contributed by atoms with Crippen LogP contribution in [-0.2, 0) is 0 Å². The van der Waals surface area contributed by atoms with Crippen molar-refractivity contribution in [3.8, 4) is 0 Å². The molecule has 0 spiro atoms. The van der Waals surface area contributed by atoms with Gasteiger partial charge in [-0.1, -0.05) is 12.2 Å². The molecule has 0 unspecified atom stereocenters. The highest BCUT2D eigenvalue weighted by molar-refractivity contribution is 7.80. The summed E-state index contributed by atoms with van der Waals surface area (Å²) in [5.41, 5.74) is 1.24. The SMILES string of the molecule is C=C(CS)CN1CCN(C2CC2)CC1. The molecule has 0 bridgehead atoms. The van der Waals surface area contributed by atoms with Crippen molar-refractivity contribution >= 4 is 12.6 Å². The Morgan fingerprint density at radius 1 is 1.21 bits per heavy atom. The van der Waals surface area contributed by atoms with Gasteiger partial charge in [0.05, 0.1) is 0 Å². The molecule has 0 radical (unpaired) electrons. The highest BCUT2D eigenvalue weighted by atomic mass is 32.1. The summed E-state index contributed by atoms with van der Waals surface area (Å²) in [6.07, 6.45) is 2.87. The maximum atomic E-state index is 4.24. The van der Waals surface area contributed by atoms with Crippen molar-refractivity contribution in [2.24, 2.45) is 0 Å². The van der Waals surface area contributed by atoms with Crippen molar-refractivity contribution in [2.45, 2.75) is 18.9 Å². The lowest BCUT2D eigenvalue weighted by molar-refractivity contribution is 0.134. The Bertz CT molecular complexity index is 205. The van der Waals surface area contributed by atoms with E-state index in [1.54, 1.807) is 0 Å². The van der Waals surface area contributed by atoms with Gasteiger partial charge in [0.15, 0.2) is 0 Å². The Kier molecular flexibility index (Phi) is 3.52. The highest BCUT2D eigenvalue weighted by Crippen LogP contribution is 2.27. The second-order valence-corrected chi connectivity index (χ2v) is 4.77. The van der Waals surface area contributed by atoms with Gasteiger partial charge < -0.3 is 0 Å². The minimum atomic E-state index is 0.822. The molecule has 14 heavy (non-hydrogen) atoms. The molecule has 2 fully saturated rings. The van der Waals surface area contributed by atoms with Crippen LogP contribution >= 0.6 is 12.6 Å². The molecule has 0 aromatic heterocycles. The lowest BCUT2D eigenvalue weighted by Gasteiger charge is -2.35. The summed E-state index contributed by atoms with van der Waals surface area (Å²) < 4.78 is 0. The van der Waals surface area contributed by atoms with Crippen molar-refractivity contribution in [1.82, 2.24) is 9.80 Å². The van der Waals surface area contributed by atoms with Crippen LogP contribution in [0.3, 0.4) is 0 Å².